The summed E-state index contributed by atoms with van der Waals surface area (Å²) >= 11 is 0. The number of ether oxygens (including phenoxy) is 2. The van der Waals surface area contributed by atoms with Gasteiger partial charge in [-0.2, -0.15) is 0 Å². The summed E-state index contributed by atoms with van der Waals surface area (Å²) in [4.78, 5) is 12.3. The molecule has 1 N–H and O–H groups in total. The molecular formula is C19H27NO3. The Kier molecular flexibility index (Phi) is 4.51. The number of hydrogen-bond acceptors (Lipinski definition) is 3. The van der Waals surface area contributed by atoms with Crippen molar-refractivity contribution in [2.24, 2.45) is 11.3 Å². The second-order valence-electron chi connectivity index (χ2n) is 6.86. The van der Waals surface area contributed by atoms with Crippen molar-refractivity contribution in [3.05, 3.63) is 23.8 Å². The molecule has 0 bridgehead atoms. The van der Waals surface area contributed by atoms with Crippen molar-refractivity contribution < 1.29 is 14.3 Å². The van der Waals surface area contributed by atoms with Crippen LogP contribution in [0.15, 0.2) is 18.2 Å². The molecule has 0 aliphatic heterocycles. The Morgan fingerprint density at radius 2 is 1.83 bits per heavy atom. The molecule has 1 aromatic carbocycles. The maximum absolute atomic E-state index is 12.3. The highest BCUT2D eigenvalue weighted by atomic mass is 16.5. The molecule has 126 valence electrons. The lowest BCUT2D eigenvalue weighted by molar-refractivity contribution is -0.124. The third kappa shape index (κ3) is 3.31. The summed E-state index contributed by atoms with van der Waals surface area (Å²) in [7, 11) is 0. The minimum Gasteiger partial charge on any atom is -0.490 e. The van der Waals surface area contributed by atoms with E-state index in [-0.39, 0.29) is 17.4 Å². The zero-order chi connectivity index (χ0) is 16.4. The molecule has 4 heteroatoms. The highest BCUT2D eigenvalue weighted by Crippen LogP contribution is 2.75. The van der Waals surface area contributed by atoms with Crippen molar-refractivity contribution in [2.75, 3.05) is 13.2 Å². The van der Waals surface area contributed by atoms with Crippen molar-refractivity contribution in [1.29, 1.82) is 0 Å². The average Bonchev–Trinajstić information content (AvgIpc) is 3.41. The summed E-state index contributed by atoms with van der Waals surface area (Å²) in [6, 6.07) is 5.96. The van der Waals surface area contributed by atoms with Gasteiger partial charge in [0.15, 0.2) is 11.5 Å². The second-order valence-corrected chi connectivity index (χ2v) is 6.86. The fraction of sp³-hybridized carbons (Fsp3) is 0.632. The van der Waals surface area contributed by atoms with Gasteiger partial charge in [0, 0.05) is 0 Å². The van der Waals surface area contributed by atoms with Crippen LogP contribution in [0.1, 0.15) is 58.1 Å². The van der Waals surface area contributed by atoms with Crippen LogP contribution in [0.5, 0.6) is 11.5 Å². The lowest BCUT2D eigenvalue weighted by Crippen LogP contribution is -2.30. The van der Waals surface area contributed by atoms with Crippen molar-refractivity contribution in [2.45, 2.75) is 52.5 Å². The lowest BCUT2D eigenvalue weighted by Gasteiger charge is -2.18. The highest BCUT2D eigenvalue weighted by molar-refractivity contribution is 5.90. The number of carbonyl (C=O) groups excluding carboxylic acids is 1. The molecule has 3 rings (SSSR count). The van der Waals surface area contributed by atoms with Crippen LogP contribution >= 0.6 is 0 Å². The molecule has 1 amide bonds. The zero-order valence-electron chi connectivity index (χ0n) is 14.4. The summed E-state index contributed by atoms with van der Waals surface area (Å²) in [6.45, 7) is 7.54. The van der Waals surface area contributed by atoms with E-state index < -0.39 is 0 Å². The Morgan fingerprint density at radius 1 is 1.22 bits per heavy atom. The normalized spacial score (nSPS) is 25.3. The van der Waals surface area contributed by atoms with Crippen molar-refractivity contribution in [3.63, 3.8) is 0 Å². The molecule has 2 saturated carbocycles. The van der Waals surface area contributed by atoms with Gasteiger partial charge in [-0.25, -0.2) is 0 Å². The Morgan fingerprint density at radius 3 is 2.39 bits per heavy atom. The van der Waals surface area contributed by atoms with E-state index in [2.05, 4.69) is 19.2 Å². The summed E-state index contributed by atoms with van der Waals surface area (Å²) in [6.07, 6.45) is 4.08. The monoisotopic (exact) mass is 317 g/mol. The predicted octanol–water partition coefficient (Wildman–Crippen LogP) is 3.85. The fourth-order valence-electron chi connectivity index (χ4n) is 2.95. The molecule has 1 aromatic rings. The topological polar surface area (TPSA) is 47.6 Å². The number of fused-ring (bicyclic) bond motifs is 1. The average molecular weight is 317 g/mol. The van der Waals surface area contributed by atoms with Crippen molar-refractivity contribution in [3.8, 4) is 11.5 Å². The molecule has 0 spiro atoms. The van der Waals surface area contributed by atoms with Crippen LogP contribution in [0, 0.1) is 11.3 Å². The zero-order valence-corrected chi connectivity index (χ0v) is 14.4. The summed E-state index contributed by atoms with van der Waals surface area (Å²) < 4.78 is 11.6. The molecule has 0 aromatic heterocycles. The first kappa shape index (κ1) is 16.2. The number of benzene rings is 1. The number of hydrogen-bond donors (Lipinski definition) is 1. The third-order valence-electron chi connectivity index (χ3n) is 4.87. The van der Waals surface area contributed by atoms with Crippen LogP contribution in [0.2, 0.25) is 0 Å². The van der Waals surface area contributed by atoms with Crippen LogP contribution in [-0.4, -0.2) is 19.1 Å². The Bertz CT molecular complexity index is 578. The number of amides is 1. The minimum absolute atomic E-state index is 0.0112. The van der Waals surface area contributed by atoms with E-state index in [4.69, 9.17) is 9.47 Å². The van der Waals surface area contributed by atoms with Gasteiger partial charge in [-0.1, -0.05) is 19.9 Å². The molecular weight excluding hydrogens is 290 g/mol. The van der Waals surface area contributed by atoms with E-state index in [0.29, 0.717) is 19.1 Å². The maximum Gasteiger partial charge on any atom is 0.226 e. The van der Waals surface area contributed by atoms with E-state index in [1.807, 2.05) is 25.1 Å². The Balaban J connectivity index is 1.68. The predicted molar refractivity (Wildman–Crippen MR) is 89.7 cm³/mol. The van der Waals surface area contributed by atoms with E-state index in [9.17, 15) is 4.79 Å². The van der Waals surface area contributed by atoms with Gasteiger partial charge in [-0.3, -0.25) is 4.79 Å². The van der Waals surface area contributed by atoms with Gasteiger partial charge < -0.3 is 14.8 Å². The number of rotatable bonds is 9. The quantitative estimate of drug-likeness (QED) is 0.752. The van der Waals surface area contributed by atoms with Gasteiger partial charge in [0.1, 0.15) is 0 Å². The molecule has 4 nitrogen and oxygen atoms in total. The lowest BCUT2D eigenvalue weighted by atomic mass is 10.1. The molecule has 2 aliphatic carbocycles. The number of nitrogens with one attached hydrogen (secondary N) is 1. The summed E-state index contributed by atoms with van der Waals surface area (Å²) in [5.41, 5.74) is 1.07. The third-order valence-corrected chi connectivity index (χ3v) is 4.87. The van der Waals surface area contributed by atoms with E-state index in [1.165, 1.54) is 0 Å². The van der Waals surface area contributed by atoms with Crippen LogP contribution in [-0.2, 0) is 4.79 Å². The smallest absolute Gasteiger partial charge is 0.226 e. The molecule has 1 atom stereocenters. The molecule has 0 radical (unpaired) electrons. The Labute approximate surface area is 138 Å². The van der Waals surface area contributed by atoms with Gasteiger partial charge in [-0.05, 0) is 56.2 Å². The van der Waals surface area contributed by atoms with Gasteiger partial charge in [0.25, 0.3) is 0 Å². The SMILES string of the molecule is CCCOc1ccc(C(C)NC(=O)C23CC2C3)cc1OCCC. The number of carbonyl (C=O) groups is 1. The first-order chi connectivity index (χ1) is 11.1. The highest BCUT2D eigenvalue weighted by Gasteiger charge is 2.74. The standard InChI is InChI=1S/C19H27NO3/c1-4-8-22-16-7-6-14(10-17(16)23-9-5-2)13(3)20-18(21)19-11-15(19)12-19/h6-7,10,13,15H,4-5,8-9,11-12H2,1-3H3,(H,20,21). The minimum atomic E-state index is -0.0112. The molecule has 2 fully saturated rings. The second kappa shape index (κ2) is 6.42. The van der Waals surface area contributed by atoms with Crippen molar-refractivity contribution >= 4 is 5.91 Å². The Hall–Kier alpha value is -1.71. The first-order valence-corrected chi connectivity index (χ1v) is 8.81. The molecule has 0 heterocycles. The van der Waals surface area contributed by atoms with E-state index in [0.717, 1.165) is 42.7 Å². The summed E-state index contributed by atoms with van der Waals surface area (Å²) in [5, 5.41) is 3.15. The van der Waals surface area contributed by atoms with Gasteiger partial charge >= 0.3 is 0 Å². The van der Waals surface area contributed by atoms with Crippen LogP contribution < -0.4 is 14.8 Å². The summed E-state index contributed by atoms with van der Waals surface area (Å²) in [5.74, 6) is 2.44. The van der Waals surface area contributed by atoms with E-state index >= 15 is 0 Å². The van der Waals surface area contributed by atoms with Gasteiger partial charge in [0.05, 0.1) is 24.7 Å². The molecule has 0 saturated heterocycles. The van der Waals surface area contributed by atoms with Crippen molar-refractivity contribution in [1.82, 2.24) is 5.32 Å². The molecule has 2 aliphatic rings. The maximum atomic E-state index is 12.3. The first-order valence-electron chi connectivity index (χ1n) is 8.81. The van der Waals surface area contributed by atoms with Crippen LogP contribution in [0.25, 0.3) is 0 Å². The largest absolute Gasteiger partial charge is 0.490 e. The molecule has 23 heavy (non-hydrogen) atoms. The molecule has 1 unspecified atom stereocenters. The van der Waals surface area contributed by atoms with Gasteiger partial charge in [0.2, 0.25) is 5.91 Å². The van der Waals surface area contributed by atoms with Gasteiger partial charge in [-0.15, -0.1) is 0 Å². The van der Waals surface area contributed by atoms with E-state index in [1.54, 1.807) is 0 Å². The fourth-order valence-corrected chi connectivity index (χ4v) is 2.95. The van der Waals surface area contributed by atoms with Crippen LogP contribution in [0.4, 0.5) is 0 Å². The van der Waals surface area contributed by atoms with Crippen LogP contribution in [0.3, 0.4) is 0 Å².